The normalized spacial score (nSPS) is 10.9. The van der Waals surface area contributed by atoms with E-state index in [9.17, 15) is 9.18 Å². The molecule has 7 nitrogen and oxygen atoms in total. The first-order valence-corrected chi connectivity index (χ1v) is 11.1. The molecule has 0 aliphatic rings. The molecule has 3 aromatic carbocycles. The zero-order valence-corrected chi connectivity index (χ0v) is 19.1. The highest BCUT2D eigenvalue weighted by Crippen LogP contribution is 2.29. The van der Waals surface area contributed by atoms with Crippen LogP contribution in [-0.2, 0) is 11.4 Å². The lowest BCUT2D eigenvalue weighted by molar-refractivity contribution is -0.123. The zero-order valence-electron chi connectivity index (χ0n) is 19.1. The van der Waals surface area contributed by atoms with E-state index in [2.05, 4.69) is 15.5 Å². The molecule has 1 heterocycles. The fourth-order valence-corrected chi connectivity index (χ4v) is 3.31. The van der Waals surface area contributed by atoms with Crippen LogP contribution in [0.25, 0.3) is 10.9 Å². The van der Waals surface area contributed by atoms with Gasteiger partial charge in [0.05, 0.1) is 12.8 Å². The van der Waals surface area contributed by atoms with E-state index in [1.165, 1.54) is 12.3 Å². The van der Waals surface area contributed by atoms with Crippen LogP contribution in [-0.4, -0.2) is 30.3 Å². The molecule has 0 bridgehead atoms. The molecule has 0 fully saturated rings. The Balaban J connectivity index is 1.34. The standard InChI is InChI=1S/C27H24FN3O4/c1-2-33-25-15-19(12-13-23(25)34-17-21-7-3-4-10-22(21)28)16-30-31-26(32)18-35-24-11-5-8-20-9-6-14-29-27(20)24/h3-16H,2,17-18H2,1H3,(H,31,32)/b30-16+. The number of nitrogens with zero attached hydrogens (tertiary/aromatic N) is 2. The summed E-state index contributed by atoms with van der Waals surface area (Å²) in [5, 5.41) is 4.91. The number of ether oxygens (including phenoxy) is 3. The molecule has 8 heteroatoms. The van der Waals surface area contributed by atoms with Crippen molar-refractivity contribution < 1.29 is 23.4 Å². The van der Waals surface area contributed by atoms with Crippen molar-refractivity contribution in [1.82, 2.24) is 10.4 Å². The molecule has 0 unspecified atom stereocenters. The van der Waals surface area contributed by atoms with Crippen LogP contribution in [0, 0.1) is 5.82 Å². The average Bonchev–Trinajstić information content (AvgIpc) is 2.88. The predicted octanol–water partition coefficient (Wildman–Crippen LogP) is 4.88. The maximum absolute atomic E-state index is 13.9. The molecule has 0 saturated heterocycles. The van der Waals surface area contributed by atoms with Crippen molar-refractivity contribution in [3.63, 3.8) is 0 Å². The van der Waals surface area contributed by atoms with Crippen LogP contribution in [0.2, 0.25) is 0 Å². The lowest BCUT2D eigenvalue weighted by atomic mass is 10.2. The summed E-state index contributed by atoms with van der Waals surface area (Å²) < 4.78 is 30.9. The summed E-state index contributed by atoms with van der Waals surface area (Å²) in [5.74, 6) is 0.753. The van der Waals surface area contributed by atoms with Crippen LogP contribution >= 0.6 is 0 Å². The van der Waals surface area contributed by atoms with Gasteiger partial charge < -0.3 is 14.2 Å². The molecule has 4 rings (SSSR count). The first kappa shape index (κ1) is 23.7. The van der Waals surface area contributed by atoms with E-state index in [-0.39, 0.29) is 19.0 Å². The zero-order chi connectivity index (χ0) is 24.5. The Labute approximate surface area is 202 Å². The number of pyridine rings is 1. The van der Waals surface area contributed by atoms with Gasteiger partial charge in [-0.15, -0.1) is 0 Å². The van der Waals surface area contributed by atoms with Crippen molar-refractivity contribution >= 4 is 23.0 Å². The van der Waals surface area contributed by atoms with Gasteiger partial charge >= 0.3 is 0 Å². The maximum Gasteiger partial charge on any atom is 0.277 e. The monoisotopic (exact) mass is 473 g/mol. The molecule has 35 heavy (non-hydrogen) atoms. The molecule has 178 valence electrons. The van der Waals surface area contributed by atoms with Crippen LogP contribution in [0.1, 0.15) is 18.1 Å². The summed E-state index contributed by atoms with van der Waals surface area (Å²) in [6.45, 7) is 2.14. The maximum atomic E-state index is 13.9. The SMILES string of the molecule is CCOc1cc(/C=N/NC(=O)COc2cccc3cccnc23)ccc1OCc1ccccc1F. The number of nitrogens with one attached hydrogen (secondary N) is 1. The second-order valence-corrected chi connectivity index (χ2v) is 7.43. The third-order valence-electron chi connectivity index (χ3n) is 4.97. The summed E-state index contributed by atoms with van der Waals surface area (Å²) >= 11 is 0. The predicted molar refractivity (Wildman–Crippen MR) is 131 cm³/mol. The van der Waals surface area contributed by atoms with Crippen LogP contribution in [0.5, 0.6) is 17.2 Å². The van der Waals surface area contributed by atoms with E-state index in [4.69, 9.17) is 14.2 Å². The van der Waals surface area contributed by atoms with Gasteiger partial charge in [-0.3, -0.25) is 9.78 Å². The van der Waals surface area contributed by atoms with Crippen LogP contribution in [0.3, 0.4) is 0 Å². The molecule has 0 radical (unpaired) electrons. The minimum absolute atomic E-state index is 0.0719. The van der Waals surface area contributed by atoms with E-state index < -0.39 is 5.91 Å². The molecule has 1 amide bonds. The van der Waals surface area contributed by atoms with Gasteiger partial charge in [0, 0.05) is 17.1 Å². The Hall–Kier alpha value is -4.46. The lowest BCUT2D eigenvalue weighted by Gasteiger charge is -2.13. The molecular formula is C27H24FN3O4. The topological polar surface area (TPSA) is 82.0 Å². The quantitative estimate of drug-likeness (QED) is 0.262. The number of para-hydroxylation sites is 1. The van der Waals surface area contributed by atoms with E-state index in [0.717, 1.165) is 5.39 Å². The fraction of sp³-hybridized carbons (Fsp3) is 0.148. The third kappa shape index (κ3) is 6.32. The number of hydrazone groups is 1. The molecule has 0 saturated carbocycles. The van der Waals surface area contributed by atoms with E-state index >= 15 is 0 Å². The Morgan fingerprint density at radius 3 is 2.69 bits per heavy atom. The minimum Gasteiger partial charge on any atom is -0.490 e. The summed E-state index contributed by atoms with van der Waals surface area (Å²) in [5.41, 5.74) is 4.26. The van der Waals surface area contributed by atoms with Crippen LogP contribution in [0.15, 0.2) is 84.1 Å². The smallest absolute Gasteiger partial charge is 0.277 e. The minimum atomic E-state index is -0.413. The summed E-state index contributed by atoms with van der Waals surface area (Å²) in [6.07, 6.45) is 3.16. The first-order valence-electron chi connectivity index (χ1n) is 11.1. The molecule has 0 aliphatic heterocycles. The Morgan fingerprint density at radius 2 is 1.83 bits per heavy atom. The summed E-state index contributed by atoms with van der Waals surface area (Å²) in [7, 11) is 0. The Bertz CT molecular complexity index is 1340. The number of halogens is 1. The molecule has 0 spiro atoms. The Kier molecular flexibility index (Phi) is 7.85. The van der Waals surface area contributed by atoms with Crippen molar-refractivity contribution in [2.24, 2.45) is 5.10 Å². The number of carbonyl (C=O) groups excluding carboxylic acids is 1. The summed E-state index contributed by atoms with van der Waals surface area (Å²) in [4.78, 5) is 16.5. The first-order chi connectivity index (χ1) is 17.1. The number of hydrogen-bond acceptors (Lipinski definition) is 6. The highest BCUT2D eigenvalue weighted by atomic mass is 19.1. The van der Waals surface area contributed by atoms with Gasteiger partial charge in [-0.25, -0.2) is 9.82 Å². The van der Waals surface area contributed by atoms with Crippen molar-refractivity contribution in [1.29, 1.82) is 0 Å². The van der Waals surface area contributed by atoms with E-state index in [1.807, 2.05) is 31.2 Å². The van der Waals surface area contributed by atoms with Crippen LogP contribution < -0.4 is 19.6 Å². The molecule has 1 N–H and O–H groups in total. The third-order valence-corrected chi connectivity index (χ3v) is 4.97. The van der Waals surface area contributed by atoms with Gasteiger partial charge in [0.1, 0.15) is 23.7 Å². The van der Waals surface area contributed by atoms with Gasteiger partial charge in [-0.2, -0.15) is 5.10 Å². The van der Waals surface area contributed by atoms with Gasteiger partial charge in [-0.1, -0.05) is 36.4 Å². The molecular weight excluding hydrogens is 449 g/mol. The van der Waals surface area contributed by atoms with E-state index in [0.29, 0.717) is 40.5 Å². The molecule has 4 aromatic rings. The van der Waals surface area contributed by atoms with Gasteiger partial charge in [-0.05, 0) is 48.9 Å². The van der Waals surface area contributed by atoms with Crippen molar-refractivity contribution in [2.45, 2.75) is 13.5 Å². The van der Waals surface area contributed by atoms with Crippen molar-refractivity contribution in [2.75, 3.05) is 13.2 Å². The summed E-state index contributed by atoms with van der Waals surface area (Å²) in [6, 6.07) is 20.9. The van der Waals surface area contributed by atoms with Gasteiger partial charge in [0.15, 0.2) is 18.1 Å². The second-order valence-electron chi connectivity index (χ2n) is 7.43. The number of rotatable bonds is 10. The molecule has 0 aliphatic carbocycles. The highest BCUT2D eigenvalue weighted by molar-refractivity contribution is 5.86. The molecule has 1 aromatic heterocycles. The van der Waals surface area contributed by atoms with Crippen molar-refractivity contribution in [3.05, 3.63) is 95.9 Å². The highest BCUT2D eigenvalue weighted by Gasteiger charge is 2.09. The lowest BCUT2D eigenvalue weighted by Crippen LogP contribution is -2.24. The number of amides is 1. The molecule has 0 atom stereocenters. The van der Waals surface area contributed by atoms with Crippen molar-refractivity contribution in [3.8, 4) is 17.2 Å². The number of benzene rings is 3. The number of hydrogen-bond donors (Lipinski definition) is 1. The number of fused-ring (bicyclic) bond motifs is 1. The average molecular weight is 474 g/mol. The number of aromatic nitrogens is 1. The fourth-order valence-electron chi connectivity index (χ4n) is 3.31. The van der Waals surface area contributed by atoms with Gasteiger partial charge in [0.2, 0.25) is 0 Å². The largest absolute Gasteiger partial charge is 0.490 e. The Morgan fingerprint density at radius 1 is 0.971 bits per heavy atom. The number of carbonyl (C=O) groups is 1. The van der Waals surface area contributed by atoms with E-state index in [1.54, 1.807) is 48.7 Å². The van der Waals surface area contributed by atoms with Gasteiger partial charge in [0.25, 0.3) is 5.91 Å². The van der Waals surface area contributed by atoms with Crippen LogP contribution in [0.4, 0.5) is 4.39 Å². The second kappa shape index (κ2) is 11.6.